The summed E-state index contributed by atoms with van der Waals surface area (Å²) < 4.78 is 10.3. The fourth-order valence-corrected chi connectivity index (χ4v) is 3.33. The Labute approximate surface area is 179 Å². The fourth-order valence-electron chi connectivity index (χ4n) is 3.33. The SMILES string of the molecule is CNc1ccc(C(=O)OCC(=O)N2CCN(c3ccc(OC)cc3)CC2)cc1[N+](=O)[O-]. The van der Waals surface area contributed by atoms with Crippen LogP contribution in [0.2, 0.25) is 0 Å². The Balaban J connectivity index is 1.51. The molecule has 0 atom stereocenters. The summed E-state index contributed by atoms with van der Waals surface area (Å²) in [5, 5.41) is 13.8. The summed E-state index contributed by atoms with van der Waals surface area (Å²) in [7, 11) is 3.16. The standard InChI is InChI=1S/C21H24N4O6/c1-22-18-8-3-15(13-19(18)25(28)29)21(27)31-14-20(26)24-11-9-23(10-12-24)16-4-6-17(30-2)7-5-16/h3-8,13,22H,9-12,14H2,1-2H3. The van der Waals surface area contributed by atoms with Gasteiger partial charge in [-0.3, -0.25) is 14.9 Å². The number of nitrogens with zero attached hydrogens (tertiary/aromatic N) is 3. The first-order valence-electron chi connectivity index (χ1n) is 9.73. The average Bonchev–Trinajstić information content (AvgIpc) is 2.82. The van der Waals surface area contributed by atoms with Gasteiger partial charge in [-0.15, -0.1) is 0 Å². The van der Waals surface area contributed by atoms with E-state index in [1.807, 2.05) is 24.3 Å². The number of methoxy groups -OCH3 is 1. The molecule has 1 N–H and O–H groups in total. The first kappa shape index (κ1) is 21.9. The molecule has 1 aliphatic rings. The smallest absolute Gasteiger partial charge is 0.338 e. The summed E-state index contributed by atoms with van der Waals surface area (Å²) in [6.45, 7) is 1.91. The van der Waals surface area contributed by atoms with Gasteiger partial charge in [-0.05, 0) is 36.4 Å². The molecule has 0 aliphatic carbocycles. The lowest BCUT2D eigenvalue weighted by Crippen LogP contribution is -2.49. The molecular formula is C21H24N4O6. The van der Waals surface area contributed by atoms with Crippen LogP contribution in [0.3, 0.4) is 0 Å². The molecule has 31 heavy (non-hydrogen) atoms. The Bertz CT molecular complexity index is 955. The summed E-state index contributed by atoms with van der Waals surface area (Å²) in [4.78, 5) is 39.0. The maximum atomic E-state index is 12.4. The van der Waals surface area contributed by atoms with Gasteiger partial charge >= 0.3 is 5.97 Å². The zero-order chi connectivity index (χ0) is 22.4. The molecule has 1 fully saturated rings. The number of hydrogen-bond donors (Lipinski definition) is 1. The largest absolute Gasteiger partial charge is 0.497 e. The number of carbonyl (C=O) groups excluding carboxylic acids is 2. The van der Waals surface area contributed by atoms with E-state index in [9.17, 15) is 19.7 Å². The van der Waals surface area contributed by atoms with Gasteiger partial charge < -0.3 is 24.6 Å². The maximum absolute atomic E-state index is 12.4. The maximum Gasteiger partial charge on any atom is 0.338 e. The molecule has 1 saturated heterocycles. The van der Waals surface area contributed by atoms with Gasteiger partial charge in [0.1, 0.15) is 11.4 Å². The third kappa shape index (κ3) is 5.21. The highest BCUT2D eigenvalue weighted by atomic mass is 16.6. The van der Waals surface area contributed by atoms with E-state index in [-0.39, 0.29) is 22.8 Å². The number of nitro benzene ring substituents is 1. The van der Waals surface area contributed by atoms with Crippen LogP contribution in [-0.2, 0) is 9.53 Å². The number of piperazine rings is 1. The predicted octanol–water partition coefficient (Wildman–Crippen LogP) is 2.15. The van der Waals surface area contributed by atoms with Crippen molar-refractivity contribution in [3.8, 4) is 5.75 Å². The molecule has 0 radical (unpaired) electrons. The minimum absolute atomic E-state index is 0.0165. The van der Waals surface area contributed by atoms with Crippen LogP contribution in [0.1, 0.15) is 10.4 Å². The number of carbonyl (C=O) groups is 2. The van der Waals surface area contributed by atoms with Gasteiger partial charge in [0.05, 0.1) is 17.6 Å². The number of nitro groups is 1. The number of rotatable bonds is 7. The van der Waals surface area contributed by atoms with E-state index in [1.54, 1.807) is 19.1 Å². The summed E-state index contributed by atoms with van der Waals surface area (Å²) >= 11 is 0. The molecule has 1 heterocycles. The van der Waals surface area contributed by atoms with Crippen LogP contribution in [0, 0.1) is 10.1 Å². The lowest BCUT2D eigenvalue weighted by atomic mass is 10.1. The first-order valence-corrected chi connectivity index (χ1v) is 9.73. The normalized spacial score (nSPS) is 13.5. The Morgan fingerprint density at radius 3 is 2.35 bits per heavy atom. The van der Waals surface area contributed by atoms with Crippen molar-refractivity contribution in [1.82, 2.24) is 4.90 Å². The van der Waals surface area contributed by atoms with Gasteiger partial charge in [-0.2, -0.15) is 0 Å². The fraction of sp³-hybridized carbons (Fsp3) is 0.333. The molecule has 10 nitrogen and oxygen atoms in total. The third-order valence-corrected chi connectivity index (χ3v) is 5.10. The lowest BCUT2D eigenvalue weighted by Gasteiger charge is -2.36. The van der Waals surface area contributed by atoms with Gasteiger partial charge in [0.15, 0.2) is 6.61 Å². The second kappa shape index (κ2) is 9.79. The van der Waals surface area contributed by atoms with Crippen LogP contribution >= 0.6 is 0 Å². The summed E-state index contributed by atoms with van der Waals surface area (Å²) in [6.07, 6.45) is 0. The van der Waals surface area contributed by atoms with E-state index in [0.29, 0.717) is 26.2 Å². The molecule has 0 unspecified atom stereocenters. The van der Waals surface area contributed by atoms with Crippen LogP contribution in [0.25, 0.3) is 0 Å². The minimum Gasteiger partial charge on any atom is -0.497 e. The molecule has 1 aliphatic heterocycles. The minimum atomic E-state index is -0.782. The third-order valence-electron chi connectivity index (χ3n) is 5.10. The van der Waals surface area contributed by atoms with Crippen molar-refractivity contribution in [2.45, 2.75) is 0 Å². The van der Waals surface area contributed by atoms with Crippen molar-refractivity contribution in [1.29, 1.82) is 0 Å². The molecule has 164 valence electrons. The first-order chi connectivity index (χ1) is 14.9. The van der Waals surface area contributed by atoms with Gasteiger partial charge in [0.2, 0.25) is 0 Å². The Hall–Kier alpha value is -3.82. The molecule has 3 rings (SSSR count). The van der Waals surface area contributed by atoms with Gasteiger partial charge in [0.25, 0.3) is 11.6 Å². The zero-order valence-electron chi connectivity index (χ0n) is 17.4. The Morgan fingerprint density at radius 2 is 1.77 bits per heavy atom. The van der Waals surface area contributed by atoms with E-state index >= 15 is 0 Å². The number of nitrogens with one attached hydrogen (secondary N) is 1. The number of benzene rings is 2. The number of hydrogen-bond acceptors (Lipinski definition) is 8. The molecule has 0 spiro atoms. The summed E-state index contributed by atoms with van der Waals surface area (Å²) in [5.41, 5.74) is 1.11. The molecule has 0 aromatic heterocycles. The lowest BCUT2D eigenvalue weighted by molar-refractivity contribution is -0.384. The van der Waals surface area contributed by atoms with Crippen LogP contribution in [0.5, 0.6) is 5.75 Å². The molecule has 2 aromatic carbocycles. The highest BCUT2D eigenvalue weighted by molar-refractivity contribution is 5.93. The van der Waals surface area contributed by atoms with Crippen molar-refractivity contribution < 1.29 is 24.0 Å². The molecular weight excluding hydrogens is 404 g/mol. The monoisotopic (exact) mass is 428 g/mol. The molecule has 0 bridgehead atoms. The highest BCUT2D eigenvalue weighted by Crippen LogP contribution is 2.25. The summed E-state index contributed by atoms with van der Waals surface area (Å²) in [5.74, 6) is -0.301. The molecule has 1 amide bonds. The van der Waals surface area contributed by atoms with Crippen LogP contribution in [0.15, 0.2) is 42.5 Å². The van der Waals surface area contributed by atoms with E-state index in [4.69, 9.17) is 9.47 Å². The number of anilines is 2. The Kier molecular flexibility index (Phi) is 6.91. The van der Waals surface area contributed by atoms with E-state index in [0.717, 1.165) is 17.5 Å². The van der Waals surface area contributed by atoms with Crippen molar-refractivity contribution >= 4 is 28.9 Å². The molecule has 0 saturated carbocycles. The van der Waals surface area contributed by atoms with Gasteiger partial charge in [-0.1, -0.05) is 0 Å². The van der Waals surface area contributed by atoms with Crippen molar-refractivity contribution in [3.05, 3.63) is 58.1 Å². The van der Waals surface area contributed by atoms with Crippen LogP contribution in [-0.4, -0.2) is 68.6 Å². The van der Waals surface area contributed by atoms with Crippen LogP contribution < -0.4 is 15.0 Å². The van der Waals surface area contributed by atoms with E-state index < -0.39 is 17.5 Å². The zero-order valence-corrected chi connectivity index (χ0v) is 17.4. The average molecular weight is 428 g/mol. The number of esters is 1. The second-order valence-electron chi connectivity index (χ2n) is 6.88. The van der Waals surface area contributed by atoms with Gasteiger partial charge in [-0.25, -0.2) is 4.79 Å². The van der Waals surface area contributed by atoms with Crippen molar-refractivity contribution in [3.63, 3.8) is 0 Å². The van der Waals surface area contributed by atoms with Crippen LogP contribution in [0.4, 0.5) is 17.1 Å². The number of ether oxygens (including phenoxy) is 2. The topological polar surface area (TPSA) is 114 Å². The summed E-state index contributed by atoms with van der Waals surface area (Å²) in [6, 6.07) is 11.7. The van der Waals surface area contributed by atoms with E-state index in [2.05, 4.69) is 10.2 Å². The Morgan fingerprint density at radius 1 is 1.10 bits per heavy atom. The van der Waals surface area contributed by atoms with Crippen molar-refractivity contribution in [2.75, 3.05) is 57.2 Å². The van der Waals surface area contributed by atoms with Gasteiger partial charge in [0, 0.05) is 45.0 Å². The molecule has 2 aromatic rings. The van der Waals surface area contributed by atoms with E-state index in [1.165, 1.54) is 12.1 Å². The number of amides is 1. The quantitative estimate of drug-likeness (QED) is 0.405. The highest BCUT2D eigenvalue weighted by Gasteiger charge is 2.23. The predicted molar refractivity (Wildman–Crippen MR) is 115 cm³/mol. The molecule has 10 heteroatoms. The van der Waals surface area contributed by atoms with Crippen molar-refractivity contribution in [2.24, 2.45) is 0 Å². The second-order valence-corrected chi connectivity index (χ2v) is 6.88.